The maximum absolute atomic E-state index is 11.7. The number of ether oxygens (including phenoxy) is 1. The fourth-order valence-corrected chi connectivity index (χ4v) is 2.05. The number of para-hydroxylation sites is 1. The minimum atomic E-state index is -0.388. The van der Waals surface area contributed by atoms with Crippen LogP contribution in [-0.2, 0) is 9.59 Å². The lowest BCUT2D eigenvalue weighted by molar-refractivity contribution is -0.131. The Morgan fingerprint density at radius 3 is 2.65 bits per heavy atom. The standard InChI is InChI=1S/C15H17BrN4O3/c1-19(2)14(22)8-17-13(21)10-23-15-12(16)9-20(18-15)11-6-4-3-5-7-11/h3-7,9H,8,10H2,1-2H3,(H,17,21). The second-order valence-corrected chi connectivity index (χ2v) is 5.77. The molecule has 0 radical (unpaired) electrons. The Morgan fingerprint density at radius 2 is 2.00 bits per heavy atom. The Hall–Kier alpha value is -2.35. The zero-order chi connectivity index (χ0) is 16.8. The number of amides is 2. The highest BCUT2D eigenvalue weighted by Gasteiger charge is 2.12. The van der Waals surface area contributed by atoms with E-state index in [0.717, 1.165) is 5.69 Å². The molecule has 0 saturated heterocycles. The minimum Gasteiger partial charge on any atom is -0.466 e. The summed E-state index contributed by atoms with van der Waals surface area (Å²) in [5.74, 6) is -0.266. The molecule has 1 aromatic heterocycles. The van der Waals surface area contributed by atoms with Crippen molar-refractivity contribution in [1.82, 2.24) is 20.0 Å². The lowest BCUT2D eigenvalue weighted by Gasteiger charge is -2.10. The van der Waals surface area contributed by atoms with E-state index in [9.17, 15) is 9.59 Å². The van der Waals surface area contributed by atoms with Crippen LogP contribution in [0.2, 0.25) is 0 Å². The van der Waals surface area contributed by atoms with Crippen LogP contribution in [0.5, 0.6) is 5.88 Å². The Kier molecular flexibility index (Phi) is 5.75. The van der Waals surface area contributed by atoms with Gasteiger partial charge in [0.15, 0.2) is 6.61 Å². The van der Waals surface area contributed by atoms with Crippen LogP contribution >= 0.6 is 15.9 Å². The average Bonchev–Trinajstić information content (AvgIpc) is 2.92. The van der Waals surface area contributed by atoms with Crippen molar-refractivity contribution in [3.63, 3.8) is 0 Å². The molecule has 1 aromatic carbocycles. The predicted octanol–water partition coefficient (Wildman–Crippen LogP) is 1.22. The van der Waals surface area contributed by atoms with E-state index in [1.807, 2.05) is 30.3 Å². The summed E-state index contributed by atoms with van der Waals surface area (Å²) in [4.78, 5) is 24.5. The molecule has 0 aliphatic rings. The number of hydrogen-bond donors (Lipinski definition) is 1. The predicted molar refractivity (Wildman–Crippen MR) is 88.5 cm³/mol. The summed E-state index contributed by atoms with van der Waals surface area (Å²) in [7, 11) is 3.25. The lowest BCUT2D eigenvalue weighted by atomic mass is 10.3. The van der Waals surface area contributed by atoms with Gasteiger partial charge < -0.3 is 15.0 Å². The zero-order valence-corrected chi connectivity index (χ0v) is 14.4. The van der Waals surface area contributed by atoms with Crippen molar-refractivity contribution in [2.45, 2.75) is 0 Å². The maximum atomic E-state index is 11.7. The smallest absolute Gasteiger partial charge is 0.258 e. The fraction of sp³-hybridized carbons (Fsp3) is 0.267. The number of halogens is 1. The van der Waals surface area contributed by atoms with Crippen molar-refractivity contribution in [2.24, 2.45) is 0 Å². The van der Waals surface area contributed by atoms with Crippen molar-refractivity contribution < 1.29 is 14.3 Å². The number of carbonyl (C=O) groups excluding carboxylic acids is 2. The van der Waals surface area contributed by atoms with Gasteiger partial charge in [0.2, 0.25) is 11.8 Å². The molecule has 0 bridgehead atoms. The van der Waals surface area contributed by atoms with Gasteiger partial charge in [0.1, 0.15) is 0 Å². The number of nitrogens with one attached hydrogen (secondary N) is 1. The van der Waals surface area contributed by atoms with Gasteiger partial charge in [-0.25, -0.2) is 4.68 Å². The molecule has 2 aromatic rings. The summed E-state index contributed by atoms with van der Waals surface area (Å²) >= 11 is 3.35. The average molecular weight is 381 g/mol. The summed E-state index contributed by atoms with van der Waals surface area (Å²) in [5, 5.41) is 6.75. The zero-order valence-electron chi connectivity index (χ0n) is 12.8. The number of carbonyl (C=O) groups is 2. The van der Waals surface area contributed by atoms with Crippen LogP contribution in [0.3, 0.4) is 0 Å². The van der Waals surface area contributed by atoms with E-state index < -0.39 is 0 Å². The summed E-state index contributed by atoms with van der Waals surface area (Å²) < 4.78 is 7.66. The first-order chi connectivity index (χ1) is 11.0. The molecule has 23 heavy (non-hydrogen) atoms. The summed E-state index contributed by atoms with van der Waals surface area (Å²) in [6.45, 7) is -0.278. The summed E-state index contributed by atoms with van der Waals surface area (Å²) in [5.41, 5.74) is 0.879. The third-order valence-electron chi connectivity index (χ3n) is 2.93. The van der Waals surface area contributed by atoms with E-state index >= 15 is 0 Å². The van der Waals surface area contributed by atoms with E-state index in [4.69, 9.17) is 4.74 Å². The third-order valence-corrected chi connectivity index (χ3v) is 3.48. The molecule has 0 unspecified atom stereocenters. The number of aromatic nitrogens is 2. The van der Waals surface area contributed by atoms with Crippen molar-refractivity contribution in [3.8, 4) is 11.6 Å². The normalized spacial score (nSPS) is 10.2. The number of benzene rings is 1. The molecule has 8 heteroatoms. The van der Waals surface area contributed by atoms with Crippen LogP contribution in [0, 0.1) is 0 Å². The number of rotatable bonds is 6. The molecular formula is C15H17BrN4O3. The van der Waals surface area contributed by atoms with Crippen LogP contribution in [0.1, 0.15) is 0 Å². The molecule has 0 spiro atoms. The lowest BCUT2D eigenvalue weighted by Crippen LogP contribution is -2.38. The largest absolute Gasteiger partial charge is 0.466 e. The molecule has 7 nitrogen and oxygen atoms in total. The number of likely N-dealkylation sites (N-methyl/N-ethyl adjacent to an activating group) is 1. The SMILES string of the molecule is CN(C)C(=O)CNC(=O)COc1nn(-c2ccccc2)cc1Br. The fourth-order valence-electron chi connectivity index (χ4n) is 1.67. The molecule has 122 valence electrons. The molecule has 0 saturated carbocycles. The van der Waals surface area contributed by atoms with E-state index in [2.05, 4.69) is 26.3 Å². The first kappa shape index (κ1) is 17.0. The molecule has 0 aliphatic heterocycles. The van der Waals surface area contributed by atoms with E-state index in [1.54, 1.807) is 25.0 Å². The van der Waals surface area contributed by atoms with Gasteiger partial charge in [-0.15, -0.1) is 5.10 Å². The van der Waals surface area contributed by atoms with Gasteiger partial charge in [0.05, 0.1) is 16.7 Å². The van der Waals surface area contributed by atoms with Gasteiger partial charge in [-0.2, -0.15) is 0 Å². The van der Waals surface area contributed by atoms with Crippen molar-refractivity contribution in [2.75, 3.05) is 27.2 Å². The summed E-state index contributed by atoms with van der Waals surface area (Å²) in [6.07, 6.45) is 1.75. The molecule has 1 N–H and O–H groups in total. The topological polar surface area (TPSA) is 76.5 Å². The van der Waals surface area contributed by atoms with E-state index in [0.29, 0.717) is 10.4 Å². The van der Waals surface area contributed by atoms with Gasteiger partial charge >= 0.3 is 0 Å². The number of nitrogens with zero attached hydrogens (tertiary/aromatic N) is 3. The highest BCUT2D eigenvalue weighted by molar-refractivity contribution is 9.10. The second-order valence-electron chi connectivity index (χ2n) is 4.92. The highest BCUT2D eigenvalue weighted by atomic mass is 79.9. The van der Waals surface area contributed by atoms with Gasteiger partial charge in [0, 0.05) is 20.3 Å². The molecular weight excluding hydrogens is 364 g/mol. The van der Waals surface area contributed by atoms with Crippen molar-refractivity contribution in [3.05, 3.63) is 41.0 Å². The Morgan fingerprint density at radius 1 is 1.30 bits per heavy atom. The van der Waals surface area contributed by atoms with Crippen LogP contribution in [-0.4, -0.2) is 53.7 Å². The van der Waals surface area contributed by atoms with Crippen LogP contribution < -0.4 is 10.1 Å². The molecule has 2 amide bonds. The molecule has 0 fully saturated rings. The first-order valence-corrected chi connectivity index (χ1v) is 7.67. The highest BCUT2D eigenvalue weighted by Crippen LogP contribution is 2.24. The van der Waals surface area contributed by atoms with Crippen molar-refractivity contribution in [1.29, 1.82) is 0 Å². The maximum Gasteiger partial charge on any atom is 0.258 e. The van der Waals surface area contributed by atoms with Gasteiger partial charge in [-0.1, -0.05) is 18.2 Å². The summed E-state index contributed by atoms with van der Waals surface area (Å²) in [6, 6.07) is 9.53. The molecule has 2 rings (SSSR count). The van der Waals surface area contributed by atoms with Crippen LogP contribution in [0.4, 0.5) is 0 Å². The Bertz CT molecular complexity index is 685. The first-order valence-electron chi connectivity index (χ1n) is 6.87. The van der Waals surface area contributed by atoms with E-state index in [-0.39, 0.29) is 25.0 Å². The van der Waals surface area contributed by atoms with Crippen LogP contribution in [0.15, 0.2) is 41.0 Å². The second kappa shape index (κ2) is 7.77. The quantitative estimate of drug-likeness (QED) is 0.817. The minimum absolute atomic E-state index is 0.0607. The molecule has 1 heterocycles. The molecule has 0 atom stereocenters. The van der Waals surface area contributed by atoms with Gasteiger partial charge in [-0.3, -0.25) is 9.59 Å². The van der Waals surface area contributed by atoms with E-state index in [1.165, 1.54) is 4.90 Å². The van der Waals surface area contributed by atoms with Crippen LogP contribution in [0.25, 0.3) is 5.69 Å². The number of hydrogen-bond acceptors (Lipinski definition) is 4. The monoisotopic (exact) mass is 380 g/mol. The van der Waals surface area contributed by atoms with Crippen molar-refractivity contribution >= 4 is 27.7 Å². The Labute approximate surface area is 142 Å². The van der Waals surface area contributed by atoms with Gasteiger partial charge in [-0.05, 0) is 28.1 Å². The molecule has 0 aliphatic carbocycles. The third kappa shape index (κ3) is 4.82. The Balaban J connectivity index is 1.90. The van der Waals surface area contributed by atoms with Gasteiger partial charge in [0.25, 0.3) is 5.91 Å².